The highest BCUT2D eigenvalue weighted by atomic mass is 32.2. The Balaban J connectivity index is 1.73. The van der Waals surface area contributed by atoms with Gasteiger partial charge in [-0.15, -0.1) is 0 Å². The van der Waals surface area contributed by atoms with E-state index in [0.717, 1.165) is 25.0 Å². The van der Waals surface area contributed by atoms with Gasteiger partial charge in [0.25, 0.3) is 5.22 Å². The van der Waals surface area contributed by atoms with Gasteiger partial charge in [0.15, 0.2) is 0 Å². The van der Waals surface area contributed by atoms with Gasteiger partial charge >= 0.3 is 0 Å². The largest absolute Gasteiger partial charge is 0.440 e. The molecule has 0 saturated heterocycles. The van der Waals surface area contributed by atoms with Crippen LogP contribution in [0.25, 0.3) is 0 Å². The monoisotopic (exact) mass is 265 g/mol. The molecule has 1 aliphatic rings. The molecule has 1 unspecified atom stereocenters. The van der Waals surface area contributed by atoms with Gasteiger partial charge in [-0.3, -0.25) is 5.32 Å². The third-order valence-corrected chi connectivity index (χ3v) is 4.20. The quantitative estimate of drug-likeness (QED) is 0.578. The highest BCUT2D eigenvalue weighted by Gasteiger charge is 2.34. The first-order valence-corrected chi connectivity index (χ1v) is 7.48. The topological polar surface area (TPSA) is 61.9 Å². The van der Waals surface area contributed by atoms with E-state index in [1.165, 1.54) is 12.8 Å². The van der Waals surface area contributed by atoms with Gasteiger partial charge in [-0.1, -0.05) is 18.7 Å². The van der Waals surface area contributed by atoms with Crippen molar-refractivity contribution >= 4 is 11.8 Å². The normalized spacial score (nSPS) is 18.2. The fraction of sp³-hybridized carbons (Fsp3) is 0.692. The molecular formula is C13H19N3OS. The maximum Gasteiger partial charge on any atom is 0.255 e. The van der Waals surface area contributed by atoms with Crippen molar-refractivity contribution in [3.63, 3.8) is 0 Å². The van der Waals surface area contributed by atoms with Crippen LogP contribution in [0, 0.1) is 11.3 Å². The average Bonchev–Trinajstić information content (AvgIpc) is 3.05. The summed E-state index contributed by atoms with van der Waals surface area (Å²) < 4.78 is 5.16. The van der Waals surface area contributed by atoms with Crippen molar-refractivity contribution in [2.45, 2.75) is 55.8 Å². The number of hydrogen-bond acceptors (Lipinski definition) is 5. The Morgan fingerprint density at radius 1 is 1.67 bits per heavy atom. The van der Waals surface area contributed by atoms with Gasteiger partial charge < -0.3 is 4.42 Å². The lowest BCUT2D eigenvalue weighted by Crippen LogP contribution is -2.44. The molecule has 1 N–H and O–H groups in total. The van der Waals surface area contributed by atoms with Crippen LogP contribution in [0.15, 0.2) is 22.1 Å². The van der Waals surface area contributed by atoms with Gasteiger partial charge in [-0.25, -0.2) is 4.98 Å². The van der Waals surface area contributed by atoms with Gasteiger partial charge in [0, 0.05) is 11.8 Å². The molecular weight excluding hydrogens is 246 g/mol. The molecule has 5 heteroatoms. The fourth-order valence-electron chi connectivity index (χ4n) is 1.95. The van der Waals surface area contributed by atoms with Crippen molar-refractivity contribution in [1.29, 1.82) is 5.26 Å². The van der Waals surface area contributed by atoms with E-state index in [2.05, 4.69) is 23.3 Å². The summed E-state index contributed by atoms with van der Waals surface area (Å²) in [6, 6.07) is 3.04. The SMILES string of the molecule is CCC(C#N)(CCCSc1ncco1)NC1CC1. The number of thioether (sulfide) groups is 1. The number of oxazole rings is 1. The van der Waals surface area contributed by atoms with Crippen LogP contribution in [0.4, 0.5) is 0 Å². The smallest absolute Gasteiger partial charge is 0.255 e. The highest BCUT2D eigenvalue weighted by Crippen LogP contribution is 2.27. The van der Waals surface area contributed by atoms with Crippen molar-refractivity contribution in [3.8, 4) is 6.07 Å². The van der Waals surface area contributed by atoms with Gasteiger partial charge in [0.1, 0.15) is 11.8 Å². The van der Waals surface area contributed by atoms with E-state index in [0.29, 0.717) is 11.3 Å². The second-order valence-electron chi connectivity index (χ2n) is 4.72. The third-order valence-electron chi connectivity index (χ3n) is 3.26. The summed E-state index contributed by atoms with van der Waals surface area (Å²) in [5.74, 6) is 0.941. The summed E-state index contributed by atoms with van der Waals surface area (Å²) in [6.45, 7) is 2.08. The fourth-order valence-corrected chi connectivity index (χ4v) is 2.67. The van der Waals surface area contributed by atoms with Crippen LogP contribution in [-0.2, 0) is 0 Å². The summed E-state index contributed by atoms with van der Waals surface area (Å²) in [4.78, 5) is 4.06. The van der Waals surface area contributed by atoms with E-state index in [1.807, 2.05) is 0 Å². The predicted molar refractivity (Wildman–Crippen MR) is 71.3 cm³/mol. The molecule has 0 aliphatic heterocycles. The van der Waals surface area contributed by atoms with Crippen LogP contribution in [-0.4, -0.2) is 22.3 Å². The lowest BCUT2D eigenvalue weighted by atomic mass is 9.92. The van der Waals surface area contributed by atoms with Crippen molar-refractivity contribution in [2.75, 3.05) is 5.75 Å². The molecule has 0 spiro atoms. The maximum atomic E-state index is 9.39. The molecule has 1 atom stereocenters. The molecule has 0 radical (unpaired) electrons. The Kier molecular flexibility index (Phi) is 4.67. The van der Waals surface area contributed by atoms with Crippen LogP contribution < -0.4 is 5.32 Å². The molecule has 18 heavy (non-hydrogen) atoms. The van der Waals surface area contributed by atoms with Gasteiger partial charge in [0.2, 0.25) is 0 Å². The van der Waals surface area contributed by atoms with Crippen LogP contribution in [0.3, 0.4) is 0 Å². The molecule has 2 rings (SSSR count). The van der Waals surface area contributed by atoms with Crippen molar-refractivity contribution in [3.05, 3.63) is 12.5 Å². The van der Waals surface area contributed by atoms with Gasteiger partial charge in [0.05, 0.1) is 12.3 Å². The molecule has 1 saturated carbocycles. The lowest BCUT2D eigenvalue weighted by Gasteiger charge is -2.26. The Morgan fingerprint density at radius 3 is 3.06 bits per heavy atom. The summed E-state index contributed by atoms with van der Waals surface area (Å²) >= 11 is 1.61. The molecule has 0 amide bonds. The molecule has 4 nitrogen and oxygen atoms in total. The van der Waals surface area contributed by atoms with Crippen molar-refractivity contribution in [1.82, 2.24) is 10.3 Å². The Labute approximate surface area is 112 Å². The number of hydrogen-bond donors (Lipinski definition) is 1. The number of nitriles is 1. The van der Waals surface area contributed by atoms with Gasteiger partial charge in [-0.2, -0.15) is 5.26 Å². The minimum atomic E-state index is -0.335. The van der Waals surface area contributed by atoms with Crippen molar-refractivity contribution in [2.24, 2.45) is 0 Å². The maximum absolute atomic E-state index is 9.39. The number of rotatable bonds is 8. The van der Waals surface area contributed by atoms with E-state index in [1.54, 1.807) is 24.2 Å². The van der Waals surface area contributed by atoms with E-state index >= 15 is 0 Å². The Hall–Kier alpha value is -0.990. The molecule has 0 aromatic carbocycles. The number of nitrogens with zero attached hydrogens (tertiary/aromatic N) is 2. The summed E-state index contributed by atoms with van der Waals surface area (Å²) in [7, 11) is 0. The van der Waals surface area contributed by atoms with E-state index in [-0.39, 0.29) is 5.54 Å². The standard InChI is InChI=1S/C13H19N3OS/c1-2-13(10-14,16-11-4-5-11)6-3-9-18-12-15-7-8-17-12/h7-8,11,16H,2-6,9H2,1H3. The number of aromatic nitrogens is 1. The highest BCUT2D eigenvalue weighted by molar-refractivity contribution is 7.99. The second kappa shape index (κ2) is 6.26. The first-order chi connectivity index (χ1) is 8.78. The second-order valence-corrected chi connectivity index (χ2v) is 5.76. The molecule has 1 fully saturated rings. The zero-order chi connectivity index (χ0) is 12.8. The zero-order valence-corrected chi connectivity index (χ0v) is 11.5. The van der Waals surface area contributed by atoms with E-state index in [9.17, 15) is 5.26 Å². The molecule has 1 aliphatic carbocycles. The van der Waals surface area contributed by atoms with E-state index < -0.39 is 0 Å². The first kappa shape index (κ1) is 13.4. The number of nitrogens with one attached hydrogen (secondary N) is 1. The molecule has 1 aromatic rings. The molecule has 0 bridgehead atoms. The van der Waals surface area contributed by atoms with Gasteiger partial charge in [-0.05, 0) is 32.1 Å². The minimum absolute atomic E-state index is 0.335. The minimum Gasteiger partial charge on any atom is -0.440 e. The Bertz CT molecular complexity index is 397. The summed E-state index contributed by atoms with van der Waals surface area (Å²) in [5, 5.41) is 13.6. The average molecular weight is 265 g/mol. The molecule has 1 aromatic heterocycles. The van der Waals surface area contributed by atoms with E-state index in [4.69, 9.17) is 4.42 Å². The van der Waals surface area contributed by atoms with Crippen LogP contribution in [0.1, 0.15) is 39.0 Å². The Morgan fingerprint density at radius 2 is 2.50 bits per heavy atom. The third kappa shape index (κ3) is 3.76. The first-order valence-electron chi connectivity index (χ1n) is 6.49. The molecule has 1 heterocycles. The van der Waals surface area contributed by atoms with Crippen LogP contribution >= 0.6 is 11.8 Å². The van der Waals surface area contributed by atoms with Crippen molar-refractivity contribution < 1.29 is 4.42 Å². The zero-order valence-electron chi connectivity index (χ0n) is 10.7. The molecule has 98 valence electrons. The van der Waals surface area contributed by atoms with Crippen LogP contribution in [0.2, 0.25) is 0 Å². The predicted octanol–water partition coefficient (Wildman–Crippen LogP) is 2.97. The summed E-state index contributed by atoms with van der Waals surface area (Å²) in [6.07, 6.45) is 8.43. The summed E-state index contributed by atoms with van der Waals surface area (Å²) in [5.41, 5.74) is -0.335. The lowest BCUT2D eigenvalue weighted by molar-refractivity contribution is 0.367. The van der Waals surface area contributed by atoms with Crippen LogP contribution in [0.5, 0.6) is 0 Å².